The Hall–Kier alpha value is -3.48. The van der Waals surface area contributed by atoms with Gasteiger partial charge in [0.25, 0.3) is 5.91 Å². The van der Waals surface area contributed by atoms with Crippen molar-refractivity contribution in [3.05, 3.63) is 65.9 Å². The summed E-state index contributed by atoms with van der Waals surface area (Å²) in [5, 5.41) is 10.9. The molecule has 0 radical (unpaired) electrons. The van der Waals surface area contributed by atoms with E-state index in [1.54, 1.807) is 18.5 Å². The largest absolute Gasteiger partial charge is 0.461 e. The van der Waals surface area contributed by atoms with Gasteiger partial charge in [-0.25, -0.2) is 4.98 Å². The van der Waals surface area contributed by atoms with E-state index in [2.05, 4.69) is 25.5 Å². The number of nitrogens with one attached hydrogen (secondary N) is 2. The minimum absolute atomic E-state index is 0.125. The molecule has 3 aromatic heterocycles. The van der Waals surface area contributed by atoms with Gasteiger partial charge in [-0.15, -0.1) is 0 Å². The Morgan fingerprint density at radius 1 is 1.19 bits per heavy atom. The number of carbonyl (C=O) groups is 1. The summed E-state index contributed by atoms with van der Waals surface area (Å²) in [6, 6.07) is 11.0. The number of rotatable bonds is 5. The second kappa shape index (κ2) is 6.79. The summed E-state index contributed by atoms with van der Waals surface area (Å²) in [5.41, 5.74) is 2.29. The number of hydrogen-bond donors (Lipinski definition) is 2. The molecule has 130 valence electrons. The predicted octanol–water partition coefficient (Wildman–Crippen LogP) is 2.89. The van der Waals surface area contributed by atoms with E-state index in [0.717, 1.165) is 28.1 Å². The fraction of sp³-hybridized carbons (Fsp3) is 0.158. The SMILES string of the molecule is Cc1cc2cc(C(=O)NCCc3nc(-c4ccncc4)n[nH]3)ccc2o1. The van der Waals surface area contributed by atoms with Crippen molar-refractivity contribution in [2.24, 2.45) is 0 Å². The van der Waals surface area contributed by atoms with Crippen molar-refractivity contribution in [1.82, 2.24) is 25.5 Å². The number of amides is 1. The first-order chi connectivity index (χ1) is 12.7. The van der Waals surface area contributed by atoms with Gasteiger partial charge in [0.2, 0.25) is 0 Å². The number of aromatic amines is 1. The maximum Gasteiger partial charge on any atom is 0.251 e. The fourth-order valence-corrected chi connectivity index (χ4v) is 2.75. The van der Waals surface area contributed by atoms with Crippen molar-refractivity contribution in [3.8, 4) is 11.4 Å². The van der Waals surface area contributed by atoms with E-state index in [0.29, 0.717) is 24.4 Å². The van der Waals surface area contributed by atoms with Gasteiger partial charge < -0.3 is 9.73 Å². The number of hydrogen-bond acceptors (Lipinski definition) is 5. The number of carbonyl (C=O) groups excluding carboxylic acids is 1. The van der Waals surface area contributed by atoms with E-state index in [1.165, 1.54) is 0 Å². The van der Waals surface area contributed by atoms with E-state index in [9.17, 15) is 4.79 Å². The first-order valence-electron chi connectivity index (χ1n) is 8.29. The third-order valence-electron chi connectivity index (χ3n) is 4.02. The molecule has 0 aliphatic carbocycles. The molecule has 4 rings (SSSR count). The molecule has 0 unspecified atom stereocenters. The van der Waals surface area contributed by atoms with Crippen molar-refractivity contribution in [3.63, 3.8) is 0 Å². The highest BCUT2D eigenvalue weighted by Gasteiger charge is 2.09. The van der Waals surface area contributed by atoms with Gasteiger partial charge in [0.15, 0.2) is 5.82 Å². The van der Waals surface area contributed by atoms with Crippen molar-refractivity contribution < 1.29 is 9.21 Å². The molecule has 7 nitrogen and oxygen atoms in total. The van der Waals surface area contributed by atoms with Crippen LogP contribution in [0.25, 0.3) is 22.4 Å². The molecule has 0 fully saturated rings. The summed E-state index contributed by atoms with van der Waals surface area (Å²) < 4.78 is 5.53. The average molecular weight is 347 g/mol. The van der Waals surface area contributed by atoms with Crippen molar-refractivity contribution >= 4 is 16.9 Å². The van der Waals surface area contributed by atoms with Crippen LogP contribution in [0.5, 0.6) is 0 Å². The number of aromatic nitrogens is 4. The maximum atomic E-state index is 12.3. The van der Waals surface area contributed by atoms with E-state index < -0.39 is 0 Å². The van der Waals surface area contributed by atoms with Crippen LogP contribution in [0, 0.1) is 6.92 Å². The summed E-state index contributed by atoms with van der Waals surface area (Å²) >= 11 is 0. The lowest BCUT2D eigenvalue weighted by Crippen LogP contribution is -2.25. The van der Waals surface area contributed by atoms with Gasteiger partial charge >= 0.3 is 0 Å². The van der Waals surface area contributed by atoms with Gasteiger partial charge in [-0.05, 0) is 43.3 Å². The number of aryl methyl sites for hydroxylation is 1. The van der Waals surface area contributed by atoms with Crippen LogP contribution in [0.1, 0.15) is 21.9 Å². The standard InChI is InChI=1S/C19H17N5O2/c1-12-10-15-11-14(2-3-16(15)26-12)19(25)21-9-6-17-22-18(24-23-17)13-4-7-20-8-5-13/h2-5,7-8,10-11H,6,9H2,1H3,(H,21,25)(H,22,23,24). The molecule has 2 N–H and O–H groups in total. The second-order valence-corrected chi connectivity index (χ2v) is 5.96. The topological polar surface area (TPSA) is 96.7 Å². The summed E-state index contributed by atoms with van der Waals surface area (Å²) in [7, 11) is 0. The Morgan fingerprint density at radius 3 is 2.88 bits per heavy atom. The minimum Gasteiger partial charge on any atom is -0.461 e. The number of fused-ring (bicyclic) bond motifs is 1. The smallest absolute Gasteiger partial charge is 0.251 e. The summed E-state index contributed by atoms with van der Waals surface area (Å²) in [5.74, 6) is 2.04. The lowest BCUT2D eigenvalue weighted by Gasteiger charge is -2.04. The number of nitrogens with zero attached hydrogens (tertiary/aromatic N) is 3. The Labute approximate surface area is 149 Å². The van der Waals surface area contributed by atoms with Crippen LogP contribution < -0.4 is 5.32 Å². The molecule has 1 aromatic carbocycles. The number of pyridine rings is 1. The first-order valence-corrected chi connectivity index (χ1v) is 8.29. The average Bonchev–Trinajstić information content (AvgIpc) is 3.27. The Bertz CT molecular complexity index is 1050. The zero-order valence-corrected chi connectivity index (χ0v) is 14.2. The first kappa shape index (κ1) is 16.0. The molecular weight excluding hydrogens is 330 g/mol. The van der Waals surface area contributed by atoms with Crippen molar-refractivity contribution in [2.45, 2.75) is 13.3 Å². The summed E-state index contributed by atoms with van der Waals surface area (Å²) in [4.78, 5) is 20.7. The van der Waals surface area contributed by atoms with Gasteiger partial charge in [0.05, 0.1) is 0 Å². The van der Waals surface area contributed by atoms with Crippen molar-refractivity contribution in [1.29, 1.82) is 0 Å². The molecule has 0 bridgehead atoms. The van der Waals surface area contributed by atoms with E-state index in [1.807, 2.05) is 37.3 Å². The maximum absolute atomic E-state index is 12.3. The van der Waals surface area contributed by atoms with Gasteiger partial charge in [0.1, 0.15) is 17.2 Å². The van der Waals surface area contributed by atoms with Crippen LogP contribution in [0.15, 0.2) is 53.2 Å². The predicted molar refractivity (Wildman–Crippen MR) is 96.6 cm³/mol. The van der Waals surface area contributed by atoms with Gasteiger partial charge in [-0.2, -0.15) is 5.10 Å². The normalized spacial score (nSPS) is 11.0. The number of benzene rings is 1. The molecule has 0 aliphatic heterocycles. The van der Waals surface area contributed by atoms with Crippen LogP contribution in [-0.4, -0.2) is 32.6 Å². The molecule has 4 aromatic rings. The van der Waals surface area contributed by atoms with Crippen LogP contribution in [-0.2, 0) is 6.42 Å². The quantitative estimate of drug-likeness (QED) is 0.578. The molecule has 1 amide bonds. The highest BCUT2D eigenvalue weighted by molar-refractivity contribution is 5.97. The van der Waals surface area contributed by atoms with Crippen LogP contribution in [0.3, 0.4) is 0 Å². The highest BCUT2D eigenvalue weighted by Crippen LogP contribution is 2.20. The number of furan rings is 1. The van der Waals surface area contributed by atoms with E-state index >= 15 is 0 Å². The lowest BCUT2D eigenvalue weighted by molar-refractivity contribution is 0.0954. The molecule has 3 heterocycles. The zero-order chi connectivity index (χ0) is 17.9. The monoisotopic (exact) mass is 347 g/mol. The lowest BCUT2D eigenvalue weighted by atomic mass is 10.1. The molecule has 0 spiro atoms. The Balaban J connectivity index is 1.36. The van der Waals surface area contributed by atoms with Gasteiger partial charge in [0, 0.05) is 41.9 Å². The Kier molecular flexibility index (Phi) is 4.18. The number of H-pyrrole nitrogens is 1. The van der Waals surface area contributed by atoms with E-state index in [-0.39, 0.29) is 5.91 Å². The third kappa shape index (κ3) is 3.32. The summed E-state index contributed by atoms with van der Waals surface area (Å²) in [6.07, 6.45) is 3.96. The Morgan fingerprint density at radius 2 is 2.04 bits per heavy atom. The second-order valence-electron chi connectivity index (χ2n) is 5.96. The molecule has 0 aliphatic rings. The summed E-state index contributed by atoms with van der Waals surface area (Å²) in [6.45, 7) is 2.35. The van der Waals surface area contributed by atoms with Crippen LogP contribution in [0.2, 0.25) is 0 Å². The molecular formula is C19H17N5O2. The highest BCUT2D eigenvalue weighted by atomic mass is 16.3. The van der Waals surface area contributed by atoms with Crippen LogP contribution >= 0.6 is 0 Å². The third-order valence-corrected chi connectivity index (χ3v) is 4.02. The molecule has 26 heavy (non-hydrogen) atoms. The van der Waals surface area contributed by atoms with Crippen molar-refractivity contribution in [2.75, 3.05) is 6.54 Å². The molecule has 7 heteroatoms. The molecule has 0 saturated heterocycles. The minimum atomic E-state index is -0.125. The van der Waals surface area contributed by atoms with Gasteiger partial charge in [-0.3, -0.25) is 14.9 Å². The zero-order valence-electron chi connectivity index (χ0n) is 14.2. The van der Waals surface area contributed by atoms with E-state index in [4.69, 9.17) is 4.42 Å². The van der Waals surface area contributed by atoms with Crippen LogP contribution in [0.4, 0.5) is 0 Å². The fourth-order valence-electron chi connectivity index (χ4n) is 2.75. The molecule has 0 atom stereocenters. The molecule has 0 saturated carbocycles. The van der Waals surface area contributed by atoms with Gasteiger partial charge in [-0.1, -0.05) is 0 Å².